The topological polar surface area (TPSA) is 55.5 Å². The van der Waals surface area contributed by atoms with Crippen molar-refractivity contribution >= 4 is 0 Å². The zero-order chi connectivity index (χ0) is 21.2. The zero-order valence-electron chi connectivity index (χ0n) is 18.6. The fourth-order valence-corrected chi connectivity index (χ4v) is 2.43. The van der Waals surface area contributed by atoms with E-state index in [-0.39, 0.29) is 6.67 Å². The lowest BCUT2D eigenvalue weighted by molar-refractivity contribution is 0.297. The predicted molar refractivity (Wildman–Crippen MR) is 118 cm³/mol. The molecule has 1 rings (SSSR count). The quantitative estimate of drug-likeness (QED) is 0.389. The average Bonchev–Trinajstić information content (AvgIpc) is 2.76. The number of aliphatic hydroxyl groups excluding tert-OH is 1. The van der Waals surface area contributed by atoms with Crippen LogP contribution in [0.5, 0.6) is 5.75 Å². The lowest BCUT2D eigenvalue weighted by atomic mass is 10.0. The van der Waals surface area contributed by atoms with E-state index in [2.05, 4.69) is 24.8 Å². The van der Waals surface area contributed by atoms with Crippen LogP contribution in [0.25, 0.3) is 0 Å². The Hall–Kier alpha value is -1.13. The first kappa shape index (κ1) is 30.6. The summed E-state index contributed by atoms with van der Waals surface area (Å²) in [7, 11) is 2.50. The molecule has 3 nitrogen and oxygen atoms in total. The van der Waals surface area contributed by atoms with Crippen LogP contribution in [-0.2, 0) is 6.42 Å². The van der Waals surface area contributed by atoms with Gasteiger partial charge in [-0.1, -0.05) is 71.4 Å². The van der Waals surface area contributed by atoms with Crippen molar-refractivity contribution in [3.63, 3.8) is 0 Å². The molecular weight excluding hydrogens is 341 g/mol. The number of hydrogen-bond donors (Lipinski definition) is 2. The van der Waals surface area contributed by atoms with Crippen molar-refractivity contribution in [2.45, 2.75) is 85.0 Å². The number of nitrogens with two attached hydrogens (primary N) is 1. The third kappa shape index (κ3) is 22.8. The summed E-state index contributed by atoms with van der Waals surface area (Å²) in [4.78, 5) is 0. The van der Waals surface area contributed by atoms with Gasteiger partial charge in [-0.15, -0.1) is 0 Å². The van der Waals surface area contributed by atoms with E-state index in [1.807, 2.05) is 26.0 Å². The minimum absolute atomic E-state index is 0.249. The fourth-order valence-electron chi connectivity index (χ4n) is 2.43. The molecule has 0 aliphatic rings. The molecule has 0 radical (unpaired) electrons. The van der Waals surface area contributed by atoms with Crippen LogP contribution in [0.1, 0.15) is 84.1 Å². The number of halogens is 1. The smallest absolute Gasteiger partial charge is 0.119 e. The number of aliphatic hydroxyl groups is 1. The first-order valence-electron chi connectivity index (χ1n) is 10.7. The van der Waals surface area contributed by atoms with Crippen LogP contribution in [0, 0.1) is 0 Å². The third-order valence-electron chi connectivity index (χ3n) is 3.79. The van der Waals surface area contributed by atoms with Crippen LogP contribution in [0.2, 0.25) is 0 Å². The van der Waals surface area contributed by atoms with E-state index in [0.29, 0.717) is 13.0 Å². The monoisotopic (exact) mass is 387 g/mol. The number of unbranched alkanes of at least 4 members (excludes halogenated alkanes) is 7. The van der Waals surface area contributed by atoms with Gasteiger partial charge in [-0.3, -0.25) is 4.39 Å². The first-order chi connectivity index (χ1) is 13.4. The molecule has 0 fully saturated rings. The molecule has 1 aromatic carbocycles. The van der Waals surface area contributed by atoms with Crippen molar-refractivity contribution in [2.24, 2.45) is 5.73 Å². The molecule has 0 atom stereocenters. The first-order valence-corrected chi connectivity index (χ1v) is 10.7. The van der Waals surface area contributed by atoms with Gasteiger partial charge in [0.1, 0.15) is 5.75 Å². The number of rotatable bonds is 13. The molecule has 27 heavy (non-hydrogen) atoms. The van der Waals surface area contributed by atoms with E-state index in [4.69, 9.17) is 9.84 Å². The zero-order valence-corrected chi connectivity index (χ0v) is 18.6. The van der Waals surface area contributed by atoms with Crippen LogP contribution in [0.3, 0.4) is 0 Å². The molecule has 0 saturated heterocycles. The molecule has 0 heterocycles. The maximum absolute atomic E-state index is 12.0. The Labute approximate surface area is 168 Å². The van der Waals surface area contributed by atoms with Gasteiger partial charge >= 0.3 is 0 Å². The van der Waals surface area contributed by atoms with E-state index in [1.54, 1.807) is 0 Å². The van der Waals surface area contributed by atoms with E-state index in [1.165, 1.54) is 57.6 Å². The van der Waals surface area contributed by atoms with Crippen LogP contribution in [0.15, 0.2) is 24.3 Å². The highest BCUT2D eigenvalue weighted by Gasteiger charge is 1.97. The summed E-state index contributed by atoms with van der Waals surface area (Å²) in [6, 6.07) is 8.38. The van der Waals surface area contributed by atoms with Gasteiger partial charge in [0.05, 0.1) is 13.3 Å². The molecule has 0 aromatic heterocycles. The second-order valence-corrected chi connectivity index (χ2v) is 5.76. The highest BCUT2D eigenvalue weighted by Crippen LogP contribution is 2.15. The lowest BCUT2D eigenvalue weighted by Crippen LogP contribution is -1.97. The minimum Gasteiger partial charge on any atom is -0.494 e. The summed E-state index contributed by atoms with van der Waals surface area (Å²) in [6.07, 6.45) is 12.0. The Balaban J connectivity index is -0.000000869. The van der Waals surface area contributed by atoms with Gasteiger partial charge in [-0.05, 0) is 50.4 Å². The highest BCUT2D eigenvalue weighted by molar-refractivity contribution is 5.27. The summed E-state index contributed by atoms with van der Waals surface area (Å²) in [6.45, 7) is 6.62. The highest BCUT2D eigenvalue weighted by atomic mass is 19.1. The van der Waals surface area contributed by atoms with Gasteiger partial charge < -0.3 is 15.6 Å². The summed E-state index contributed by atoms with van der Waals surface area (Å²) in [5, 5.41) is 7.00. The second-order valence-electron chi connectivity index (χ2n) is 5.76. The van der Waals surface area contributed by atoms with Gasteiger partial charge in [0, 0.05) is 7.11 Å². The summed E-state index contributed by atoms with van der Waals surface area (Å²) < 4.78 is 17.5. The molecule has 0 aliphatic carbocycles. The second kappa shape index (κ2) is 29.6. The Morgan fingerprint density at radius 3 is 1.85 bits per heavy atom. The Morgan fingerprint density at radius 1 is 0.815 bits per heavy atom. The van der Waals surface area contributed by atoms with E-state index >= 15 is 0 Å². The van der Waals surface area contributed by atoms with Gasteiger partial charge in [0.2, 0.25) is 0 Å². The number of alkyl halides is 1. The van der Waals surface area contributed by atoms with Gasteiger partial charge in [-0.2, -0.15) is 0 Å². The molecule has 3 N–H and O–H groups in total. The normalized spacial score (nSPS) is 9.04. The maximum Gasteiger partial charge on any atom is 0.119 e. The van der Waals surface area contributed by atoms with Crippen molar-refractivity contribution < 1.29 is 14.2 Å². The number of aryl methyl sites for hydroxylation is 1. The third-order valence-corrected chi connectivity index (χ3v) is 3.79. The fraction of sp³-hybridized carbons (Fsp3) is 0.739. The largest absolute Gasteiger partial charge is 0.494 e. The Morgan fingerprint density at radius 2 is 1.33 bits per heavy atom. The Kier molecular flexibility index (Phi) is 33.6. The van der Waals surface area contributed by atoms with Crippen molar-refractivity contribution in [3.8, 4) is 5.75 Å². The van der Waals surface area contributed by atoms with Crippen molar-refractivity contribution in [3.05, 3.63) is 29.8 Å². The molecule has 0 saturated carbocycles. The van der Waals surface area contributed by atoms with Crippen LogP contribution < -0.4 is 10.5 Å². The van der Waals surface area contributed by atoms with Gasteiger partial charge in [0.25, 0.3) is 0 Å². The molecule has 0 unspecified atom stereocenters. The van der Waals surface area contributed by atoms with Gasteiger partial charge in [-0.25, -0.2) is 0 Å². The number of hydrogen-bond acceptors (Lipinski definition) is 3. The van der Waals surface area contributed by atoms with E-state index < -0.39 is 0 Å². The lowest BCUT2D eigenvalue weighted by Gasteiger charge is -2.07. The molecule has 0 spiro atoms. The summed E-state index contributed by atoms with van der Waals surface area (Å²) in [5.41, 5.74) is 5.89. The maximum atomic E-state index is 12.0. The van der Waals surface area contributed by atoms with E-state index in [0.717, 1.165) is 25.7 Å². The van der Waals surface area contributed by atoms with Crippen LogP contribution in [-0.4, -0.2) is 32.5 Å². The molecule has 0 bridgehead atoms. The standard InChI is InChI=1S/C19H31FO.C2H6.CH5N.CH4O/c1-2-3-4-5-6-7-8-11-18-12-14-19(15-13-18)21-17-10-9-16-20;3*1-2/h12-15H,2-11,16-17H2,1H3;1-2H3;2H2,1H3;2H,1H3. The summed E-state index contributed by atoms with van der Waals surface area (Å²) >= 11 is 0. The van der Waals surface area contributed by atoms with Crippen molar-refractivity contribution in [1.82, 2.24) is 0 Å². The minimum atomic E-state index is -0.249. The van der Waals surface area contributed by atoms with Crippen LogP contribution in [0.4, 0.5) is 4.39 Å². The molecular formula is C23H46FNO2. The van der Waals surface area contributed by atoms with E-state index in [9.17, 15) is 4.39 Å². The molecule has 162 valence electrons. The van der Waals surface area contributed by atoms with Gasteiger partial charge in [0.15, 0.2) is 0 Å². The number of ether oxygens (including phenoxy) is 1. The van der Waals surface area contributed by atoms with Crippen molar-refractivity contribution in [2.75, 3.05) is 27.4 Å². The molecule has 1 aromatic rings. The predicted octanol–water partition coefficient (Wildman–Crippen LogP) is 6.32. The SMILES string of the molecule is CC.CCCCCCCCCc1ccc(OCCCCF)cc1.CN.CO. The van der Waals surface area contributed by atoms with Crippen LogP contribution >= 0.6 is 0 Å². The number of benzene rings is 1. The summed E-state index contributed by atoms with van der Waals surface area (Å²) in [5.74, 6) is 0.900. The molecule has 0 amide bonds. The Bertz CT molecular complexity index is 345. The average molecular weight is 388 g/mol. The van der Waals surface area contributed by atoms with Crippen molar-refractivity contribution in [1.29, 1.82) is 0 Å². The molecule has 4 heteroatoms. The molecule has 0 aliphatic heterocycles.